The van der Waals surface area contributed by atoms with Crippen LogP contribution in [0.3, 0.4) is 0 Å². The van der Waals surface area contributed by atoms with E-state index in [-0.39, 0.29) is 20.9 Å². The summed E-state index contributed by atoms with van der Waals surface area (Å²) in [6, 6.07) is 5.43. The Morgan fingerprint density at radius 3 is 2.00 bits per heavy atom. The summed E-state index contributed by atoms with van der Waals surface area (Å²) in [6.07, 6.45) is -9.36. The lowest BCUT2D eigenvalue weighted by Gasteiger charge is -2.16. The molecule has 1 amide bonds. The van der Waals surface area contributed by atoms with Gasteiger partial charge in [-0.25, -0.2) is 0 Å². The third kappa shape index (κ3) is 5.18. The van der Waals surface area contributed by atoms with Crippen LogP contribution in [0.1, 0.15) is 27.0 Å². The van der Waals surface area contributed by atoms with Gasteiger partial charge < -0.3 is 11.5 Å². The van der Waals surface area contributed by atoms with Gasteiger partial charge in [-0.05, 0) is 48.9 Å². The molecule has 0 unspecified atom stereocenters. The van der Waals surface area contributed by atoms with Crippen molar-refractivity contribution in [2.45, 2.75) is 29.1 Å². The van der Waals surface area contributed by atoms with Crippen LogP contribution in [0.4, 0.5) is 26.3 Å². The molecule has 2 aromatic rings. The molecule has 4 N–H and O–H groups in total. The number of hydrogen-bond donors (Lipinski definition) is 2. The largest absolute Gasteiger partial charge is 0.417 e. The predicted molar refractivity (Wildman–Crippen MR) is 91.9 cm³/mol. The number of amides is 1. The molecule has 2 rings (SSSR count). The van der Waals surface area contributed by atoms with E-state index >= 15 is 0 Å². The van der Waals surface area contributed by atoms with Gasteiger partial charge in [-0.2, -0.15) is 31.3 Å². The first-order valence-electron chi connectivity index (χ1n) is 7.50. The maximum absolute atomic E-state index is 13.5. The van der Waals surface area contributed by atoms with Crippen molar-refractivity contribution in [2.75, 3.05) is 0 Å². The highest BCUT2D eigenvalue weighted by Gasteiger charge is 2.35. The molecule has 0 atom stereocenters. The lowest BCUT2D eigenvalue weighted by atomic mass is 10.0. The molecule has 2 aromatic carbocycles. The third-order valence-electron chi connectivity index (χ3n) is 3.50. The molecule has 0 bridgehead atoms. The van der Waals surface area contributed by atoms with Gasteiger partial charge in [-0.3, -0.25) is 4.79 Å². The number of aliphatic imine (C=N–C) groups is 1. The van der Waals surface area contributed by atoms with Crippen LogP contribution in [-0.2, 0) is 12.4 Å². The van der Waals surface area contributed by atoms with Crippen LogP contribution in [0.25, 0.3) is 0 Å². The highest BCUT2D eigenvalue weighted by Crippen LogP contribution is 2.41. The van der Waals surface area contributed by atoms with Crippen LogP contribution < -0.4 is 11.5 Å². The molecular weight excluding hydrogens is 408 g/mol. The van der Waals surface area contributed by atoms with Crippen molar-refractivity contribution in [2.24, 2.45) is 16.5 Å². The average molecular weight is 421 g/mol. The van der Waals surface area contributed by atoms with Crippen LogP contribution >= 0.6 is 11.8 Å². The van der Waals surface area contributed by atoms with Gasteiger partial charge >= 0.3 is 12.4 Å². The Kier molecular flexibility index (Phi) is 5.97. The molecular formula is C17H13F6N3OS. The number of rotatable bonds is 3. The summed E-state index contributed by atoms with van der Waals surface area (Å²) in [5, 5.41) is 0. The van der Waals surface area contributed by atoms with Crippen molar-refractivity contribution in [1.82, 2.24) is 0 Å². The summed E-state index contributed by atoms with van der Waals surface area (Å²) < 4.78 is 78.2. The highest BCUT2D eigenvalue weighted by molar-refractivity contribution is 7.99. The minimum absolute atomic E-state index is 0.168. The fourth-order valence-corrected chi connectivity index (χ4v) is 3.28. The average Bonchev–Trinajstić information content (AvgIpc) is 2.52. The maximum Gasteiger partial charge on any atom is 0.417 e. The molecule has 28 heavy (non-hydrogen) atoms. The Labute approximate surface area is 159 Å². The van der Waals surface area contributed by atoms with E-state index in [9.17, 15) is 31.1 Å². The number of alkyl halides is 6. The summed E-state index contributed by atoms with van der Waals surface area (Å²) >= 11 is 0.625. The zero-order valence-electron chi connectivity index (χ0n) is 14.2. The van der Waals surface area contributed by atoms with E-state index in [0.29, 0.717) is 17.8 Å². The molecule has 0 radical (unpaired) electrons. The number of guanidine groups is 1. The highest BCUT2D eigenvalue weighted by atomic mass is 32.2. The van der Waals surface area contributed by atoms with Gasteiger partial charge in [0.1, 0.15) is 0 Å². The molecule has 0 saturated carbocycles. The van der Waals surface area contributed by atoms with Gasteiger partial charge in [0, 0.05) is 15.4 Å². The second-order valence-electron chi connectivity index (χ2n) is 5.63. The van der Waals surface area contributed by atoms with Gasteiger partial charge in [-0.15, -0.1) is 0 Å². The molecule has 0 heterocycles. The predicted octanol–water partition coefficient (Wildman–Crippen LogP) is 4.60. The number of aryl methyl sites for hydroxylation is 1. The summed E-state index contributed by atoms with van der Waals surface area (Å²) in [4.78, 5) is 15.1. The minimum atomic E-state index is -4.81. The van der Waals surface area contributed by atoms with Gasteiger partial charge in [0.05, 0.1) is 11.1 Å². The molecule has 0 fully saturated rings. The number of hydrogen-bond acceptors (Lipinski definition) is 2. The molecule has 0 aromatic heterocycles. The lowest BCUT2D eigenvalue weighted by Crippen LogP contribution is -2.24. The zero-order chi connectivity index (χ0) is 21.3. The third-order valence-corrected chi connectivity index (χ3v) is 4.57. The van der Waals surface area contributed by atoms with Crippen molar-refractivity contribution >= 4 is 23.6 Å². The first-order valence-corrected chi connectivity index (χ1v) is 8.31. The van der Waals surface area contributed by atoms with Gasteiger partial charge in [0.2, 0.25) is 0 Å². The van der Waals surface area contributed by atoms with Crippen LogP contribution in [0, 0.1) is 6.92 Å². The van der Waals surface area contributed by atoms with Crippen molar-refractivity contribution < 1.29 is 31.1 Å². The quantitative estimate of drug-likeness (QED) is 0.431. The van der Waals surface area contributed by atoms with Crippen LogP contribution in [0.5, 0.6) is 0 Å². The van der Waals surface area contributed by atoms with E-state index in [1.807, 2.05) is 0 Å². The van der Waals surface area contributed by atoms with E-state index in [4.69, 9.17) is 11.5 Å². The summed E-state index contributed by atoms with van der Waals surface area (Å²) in [5.74, 6) is -1.63. The monoisotopic (exact) mass is 421 g/mol. The van der Waals surface area contributed by atoms with Crippen LogP contribution in [0.15, 0.2) is 51.2 Å². The second kappa shape index (κ2) is 7.74. The Morgan fingerprint density at radius 1 is 0.964 bits per heavy atom. The Morgan fingerprint density at radius 2 is 1.54 bits per heavy atom. The first kappa shape index (κ1) is 21.6. The Bertz CT molecular complexity index is 916. The summed E-state index contributed by atoms with van der Waals surface area (Å²) in [7, 11) is 0. The summed E-state index contributed by atoms with van der Waals surface area (Å²) in [5.41, 5.74) is 7.96. The van der Waals surface area contributed by atoms with E-state index in [1.54, 1.807) is 0 Å². The fourth-order valence-electron chi connectivity index (χ4n) is 2.23. The normalized spacial score (nSPS) is 12.0. The number of benzene rings is 2. The molecule has 0 aliphatic rings. The molecule has 11 heteroatoms. The number of carbonyl (C=O) groups excluding carboxylic acids is 1. The molecule has 4 nitrogen and oxygen atoms in total. The van der Waals surface area contributed by atoms with Gasteiger partial charge in [0.25, 0.3) is 5.91 Å². The Hall–Kier alpha value is -2.69. The van der Waals surface area contributed by atoms with E-state index < -0.39 is 35.3 Å². The molecule has 0 aliphatic carbocycles. The topological polar surface area (TPSA) is 81.5 Å². The van der Waals surface area contributed by atoms with Gasteiger partial charge in [0.15, 0.2) is 5.96 Å². The number of nitrogens with two attached hydrogens (primary N) is 2. The Balaban J connectivity index is 2.48. The van der Waals surface area contributed by atoms with Crippen molar-refractivity contribution in [1.29, 1.82) is 0 Å². The molecule has 0 aliphatic heterocycles. The number of carbonyl (C=O) groups is 1. The molecule has 0 spiro atoms. The van der Waals surface area contributed by atoms with E-state index in [1.165, 1.54) is 6.92 Å². The number of nitrogens with zero attached hydrogens (tertiary/aromatic N) is 1. The maximum atomic E-state index is 13.5. The van der Waals surface area contributed by atoms with Crippen LogP contribution in [-0.4, -0.2) is 11.9 Å². The van der Waals surface area contributed by atoms with Crippen molar-refractivity contribution in [3.05, 3.63) is 58.7 Å². The first-order chi connectivity index (χ1) is 12.8. The SMILES string of the molecule is Cc1cc(Sc2ccc(C(F)(F)F)cc2)c(C(F)(F)F)cc1C(=O)N=C(N)N. The summed E-state index contributed by atoms with van der Waals surface area (Å²) in [6.45, 7) is 1.40. The van der Waals surface area contributed by atoms with Crippen molar-refractivity contribution in [3.8, 4) is 0 Å². The van der Waals surface area contributed by atoms with E-state index in [0.717, 1.165) is 30.3 Å². The number of halogens is 6. The molecule has 150 valence electrons. The zero-order valence-corrected chi connectivity index (χ0v) is 15.0. The smallest absolute Gasteiger partial charge is 0.370 e. The van der Waals surface area contributed by atoms with E-state index in [2.05, 4.69) is 4.99 Å². The lowest BCUT2D eigenvalue weighted by molar-refractivity contribution is -0.140. The van der Waals surface area contributed by atoms with Crippen molar-refractivity contribution in [3.63, 3.8) is 0 Å². The van der Waals surface area contributed by atoms with Gasteiger partial charge in [-0.1, -0.05) is 11.8 Å². The fraction of sp³-hybridized carbons (Fsp3) is 0.176. The second-order valence-corrected chi connectivity index (χ2v) is 6.74. The van der Waals surface area contributed by atoms with Crippen LogP contribution in [0.2, 0.25) is 0 Å². The standard InChI is InChI=1S/C17H13F6N3OS/c1-8-6-13(28-10-4-2-9(3-5-10)16(18,19)20)12(17(21,22)23)7-11(8)14(27)26-15(24)25/h2-7H,1H3,(H4,24,25,26,27). The molecule has 0 saturated heterocycles. The minimum Gasteiger partial charge on any atom is -0.370 e.